The monoisotopic (exact) mass is 506 g/mol. The lowest BCUT2D eigenvalue weighted by atomic mass is 9.89. The maximum absolute atomic E-state index is 13.3. The Labute approximate surface area is 197 Å². The molecule has 1 saturated heterocycles. The highest BCUT2D eigenvalue weighted by atomic mass is 19.4. The molecule has 0 aromatic heterocycles. The molecule has 1 amide bonds. The van der Waals surface area contributed by atoms with E-state index >= 15 is 0 Å². The van der Waals surface area contributed by atoms with Crippen molar-refractivity contribution in [2.75, 3.05) is 19.7 Å². The molecule has 35 heavy (non-hydrogen) atoms. The van der Waals surface area contributed by atoms with Crippen LogP contribution in [-0.2, 0) is 28.3 Å². The molecule has 1 heterocycles. The second kappa shape index (κ2) is 10.9. The molecular formula is C24H25F7N2O2. The van der Waals surface area contributed by atoms with Crippen LogP contribution in [0.3, 0.4) is 0 Å². The summed E-state index contributed by atoms with van der Waals surface area (Å²) in [6.07, 6.45) is -10.0. The van der Waals surface area contributed by atoms with E-state index in [9.17, 15) is 35.5 Å². The fourth-order valence-electron chi connectivity index (χ4n) is 4.00. The number of hydrogen-bond donors (Lipinski definition) is 2. The standard InChI is InChI=1S/C24H25F7N2O2/c1-14(16-9-18(23(26,27)28)12-19(10-16)24(29,30)31)33-22(34)11-17(21-13-32-6-7-35-21)8-15-2-4-20(25)5-3-15/h2-5,9-10,12,14,17,21,32H,6-8,11,13H2,1H3,(H,33,34). The summed E-state index contributed by atoms with van der Waals surface area (Å²) in [4.78, 5) is 12.8. The number of amides is 1. The molecular weight excluding hydrogens is 481 g/mol. The fraction of sp³-hybridized carbons (Fsp3) is 0.458. The van der Waals surface area contributed by atoms with Crippen LogP contribution in [-0.4, -0.2) is 31.7 Å². The van der Waals surface area contributed by atoms with Gasteiger partial charge in [-0.25, -0.2) is 4.39 Å². The van der Waals surface area contributed by atoms with Gasteiger partial charge in [0.05, 0.1) is 29.9 Å². The minimum Gasteiger partial charge on any atom is -0.375 e. The number of nitrogens with one attached hydrogen (secondary N) is 2. The maximum Gasteiger partial charge on any atom is 0.416 e. The predicted molar refractivity (Wildman–Crippen MR) is 114 cm³/mol. The second-order valence-electron chi connectivity index (χ2n) is 8.54. The summed E-state index contributed by atoms with van der Waals surface area (Å²) in [7, 11) is 0. The van der Waals surface area contributed by atoms with Crippen LogP contribution < -0.4 is 10.6 Å². The van der Waals surface area contributed by atoms with E-state index in [2.05, 4.69) is 10.6 Å². The molecule has 11 heteroatoms. The number of hydrogen-bond acceptors (Lipinski definition) is 3. The van der Waals surface area contributed by atoms with Gasteiger partial charge in [0.1, 0.15) is 5.82 Å². The third-order valence-corrected chi connectivity index (χ3v) is 5.83. The van der Waals surface area contributed by atoms with E-state index in [1.54, 1.807) is 12.1 Å². The van der Waals surface area contributed by atoms with Crippen LogP contribution >= 0.6 is 0 Å². The van der Waals surface area contributed by atoms with Crippen molar-refractivity contribution in [2.24, 2.45) is 5.92 Å². The van der Waals surface area contributed by atoms with Gasteiger partial charge in [-0.1, -0.05) is 12.1 Å². The lowest BCUT2D eigenvalue weighted by molar-refractivity contribution is -0.143. The van der Waals surface area contributed by atoms with Gasteiger partial charge in [0.2, 0.25) is 5.91 Å². The first-order valence-corrected chi connectivity index (χ1v) is 11.0. The van der Waals surface area contributed by atoms with Crippen molar-refractivity contribution in [3.05, 3.63) is 70.5 Å². The van der Waals surface area contributed by atoms with E-state index in [-0.39, 0.29) is 30.1 Å². The van der Waals surface area contributed by atoms with Gasteiger partial charge >= 0.3 is 12.4 Å². The quantitative estimate of drug-likeness (QED) is 0.503. The minimum atomic E-state index is -4.98. The highest BCUT2D eigenvalue weighted by Gasteiger charge is 2.37. The predicted octanol–water partition coefficient (Wildman–Crippen LogP) is 5.28. The topological polar surface area (TPSA) is 50.4 Å². The van der Waals surface area contributed by atoms with Crippen molar-refractivity contribution in [2.45, 2.75) is 44.3 Å². The number of carbonyl (C=O) groups is 1. The van der Waals surface area contributed by atoms with E-state index in [0.717, 1.165) is 5.56 Å². The molecule has 1 fully saturated rings. The smallest absolute Gasteiger partial charge is 0.375 e. The summed E-state index contributed by atoms with van der Waals surface area (Å²) in [6, 6.07) is 5.89. The first-order valence-electron chi connectivity index (χ1n) is 11.0. The Morgan fingerprint density at radius 1 is 1.06 bits per heavy atom. The molecule has 4 nitrogen and oxygen atoms in total. The molecule has 3 rings (SSSR count). The van der Waals surface area contributed by atoms with Crippen LogP contribution in [0.1, 0.15) is 41.6 Å². The molecule has 0 bridgehead atoms. The summed E-state index contributed by atoms with van der Waals surface area (Å²) < 4.78 is 98.1. The number of benzene rings is 2. The Hall–Kier alpha value is -2.66. The first kappa shape index (κ1) is 26.9. The highest BCUT2D eigenvalue weighted by molar-refractivity contribution is 5.76. The zero-order valence-electron chi connectivity index (χ0n) is 18.8. The lowest BCUT2D eigenvalue weighted by Crippen LogP contribution is -2.44. The van der Waals surface area contributed by atoms with Crippen LogP contribution in [0.4, 0.5) is 30.7 Å². The molecule has 1 aliphatic heterocycles. The average Bonchev–Trinajstić information content (AvgIpc) is 2.79. The van der Waals surface area contributed by atoms with E-state index in [0.29, 0.717) is 38.2 Å². The molecule has 0 radical (unpaired) electrons. The van der Waals surface area contributed by atoms with Crippen LogP contribution in [0, 0.1) is 11.7 Å². The molecule has 0 spiro atoms. The Morgan fingerprint density at radius 3 is 2.17 bits per heavy atom. The molecule has 2 aromatic carbocycles. The molecule has 0 aliphatic carbocycles. The molecule has 3 unspecified atom stereocenters. The molecule has 2 aromatic rings. The number of carbonyl (C=O) groups excluding carboxylic acids is 1. The van der Waals surface area contributed by atoms with Crippen LogP contribution in [0.25, 0.3) is 0 Å². The fourth-order valence-corrected chi connectivity index (χ4v) is 4.00. The van der Waals surface area contributed by atoms with Crippen LogP contribution in [0.2, 0.25) is 0 Å². The molecule has 0 saturated carbocycles. The SMILES string of the molecule is CC(NC(=O)CC(Cc1ccc(F)cc1)C1CNCCO1)c1cc(C(F)(F)F)cc(C(F)(F)F)c1. The van der Waals surface area contributed by atoms with Gasteiger partial charge in [-0.2, -0.15) is 26.3 Å². The van der Waals surface area contributed by atoms with E-state index in [4.69, 9.17) is 4.74 Å². The second-order valence-corrected chi connectivity index (χ2v) is 8.54. The van der Waals surface area contributed by atoms with Gasteiger partial charge < -0.3 is 15.4 Å². The van der Waals surface area contributed by atoms with Crippen LogP contribution in [0.15, 0.2) is 42.5 Å². The molecule has 2 N–H and O–H groups in total. The summed E-state index contributed by atoms with van der Waals surface area (Å²) in [5, 5.41) is 5.67. The van der Waals surface area contributed by atoms with E-state index in [1.807, 2.05) is 0 Å². The number of rotatable bonds is 7. The number of morpholine rings is 1. The third kappa shape index (κ3) is 7.66. The summed E-state index contributed by atoms with van der Waals surface area (Å²) in [5.41, 5.74) is -2.44. The Kier molecular flexibility index (Phi) is 8.42. The number of alkyl halides is 6. The van der Waals surface area contributed by atoms with Crippen LogP contribution in [0.5, 0.6) is 0 Å². The van der Waals surface area contributed by atoms with Gasteiger partial charge in [-0.05, 0) is 60.7 Å². The lowest BCUT2D eigenvalue weighted by Gasteiger charge is -2.31. The first-order chi connectivity index (χ1) is 16.3. The summed E-state index contributed by atoms with van der Waals surface area (Å²) >= 11 is 0. The van der Waals surface area contributed by atoms with Crippen molar-refractivity contribution in [3.63, 3.8) is 0 Å². The maximum atomic E-state index is 13.3. The van der Waals surface area contributed by atoms with E-state index in [1.165, 1.54) is 19.1 Å². The van der Waals surface area contributed by atoms with Gasteiger partial charge in [-0.3, -0.25) is 4.79 Å². The molecule has 192 valence electrons. The van der Waals surface area contributed by atoms with Gasteiger partial charge in [-0.15, -0.1) is 0 Å². The number of ether oxygens (including phenoxy) is 1. The molecule has 1 aliphatic rings. The van der Waals surface area contributed by atoms with Crippen molar-refractivity contribution < 1.29 is 40.3 Å². The summed E-state index contributed by atoms with van der Waals surface area (Å²) in [6.45, 7) is 2.85. The highest BCUT2D eigenvalue weighted by Crippen LogP contribution is 2.37. The van der Waals surface area contributed by atoms with Gasteiger partial charge in [0, 0.05) is 19.5 Å². The van der Waals surface area contributed by atoms with Crippen molar-refractivity contribution in [1.29, 1.82) is 0 Å². The Morgan fingerprint density at radius 2 is 1.66 bits per heavy atom. The van der Waals surface area contributed by atoms with E-state index < -0.39 is 41.2 Å². The van der Waals surface area contributed by atoms with Crippen molar-refractivity contribution >= 4 is 5.91 Å². The molecule has 3 atom stereocenters. The zero-order chi connectivity index (χ0) is 25.8. The Balaban J connectivity index is 1.76. The average molecular weight is 506 g/mol. The third-order valence-electron chi connectivity index (χ3n) is 5.83. The van der Waals surface area contributed by atoms with Crippen molar-refractivity contribution in [1.82, 2.24) is 10.6 Å². The van der Waals surface area contributed by atoms with Gasteiger partial charge in [0.25, 0.3) is 0 Å². The summed E-state index contributed by atoms with van der Waals surface area (Å²) in [5.74, 6) is -1.32. The zero-order valence-corrected chi connectivity index (χ0v) is 18.8. The largest absolute Gasteiger partial charge is 0.416 e. The normalized spacial score (nSPS) is 18.7. The van der Waals surface area contributed by atoms with Gasteiger partial charge in [0.15, 0.2) is 0 Å². The Bertz CT molecular complexity index is 968. The minimum absolute atomic E-state index is 0.0458. The van der Waals surface area contributed by atoms with Crippen molar-refractivity contribution in [3.8, 4) is 0 Å². The number of halogens is 7.